The number of aromatic nitrogens is 2. The number of nitrogens with one attached hydrogen (secondary N) is 1. The first-order valence-corrected chi connectivity index (χ1v) is 5.90. The molecule has 86 valence electrons. The van der Waals surface area contributed by atoms with Crippen molar-refractivity contribution in [2.24, 2.45) is 0 Å². The van der Waals surface area contributed by atoms with Gasteiger partial charge in [-0.2, -0.15) is 5.10 Å². The van der Waals surface area contributed by atoms with Gasteiger partial charge in [-0.15, -0.1) is 0 Å². The summed E-state index contributed by atoms with van der Waals surface area (Å²) in [6, 6.07) is 0. The van der Waals surface area contributed by atoms with Crippen molar-refractivity contribution in [3.63, 3.8) is 0 Å². The van der Waals surface area contributed by atoms with Crippen LogP contribution in [0.1, 0.15) is 46.1 Å². The maximum Gasteiger partial charge on any atom is 0.0534 e. The van der Waals surface area contributed by atoms with Gasteiger partial charge >= 0.3 is 0 Å². The van der Waals surface area contributed by atoms with E-state index in [4.69, 9.17) is 0 Å². The Morgan fingerprint density at radius 2 is 2.00 bits per heavy atom. The first-order chi connectivity index (χ1) is 7.13. The molecule has 1 N–H and O–H groups in total. The highest BCUT2D eigenvalue weighted by atomic mass is 15.3. The molecule has 0 unspecified atom stereocenters. The van der Waals surface area contributed by atoms with E-state index in [2.05, 4.69) is 44.3 Å². The molecule has 1 rings (SSSR count). The molecule has 0 atom stereocenters. The second kappa shape index (κ2) is 5.31. The third-order valence-electron chi connectivity index (χ3n) is 3.29. The normalized spacial score (nSPS) is 12.0. The van der Waals surface area contributed by atoms with Crippen LogP contribution in [0.25, 0.3) is 0 Å². The number of hydrogen-bond acceptors (Lipinski definition) is 2. The third kappa shape index (κ3) is 3.34. The maximum absolute atomic E-state index is 4.26. The van der Waals surface area contributed by atoms with Gasteiger partial charge in [0.15, 0.2) is 0 Å². The molecule has 0 fully saturated rings. The molecule has 0 saturated carbocycles. The van der Waals surface area contributed by atoms with Crippen molar-refractivity contribution in [2.75, 3.05) is 0 Å². The van der Waals surface area contributed by atoms with E-state index >= 15 is 0 Å². The fourth-order valence-electron chi connectivity index (χ4n) is 1.49. The highest BCUT2D eigenvalue weighted by Gasteiger charge is 2.18. The predicted molar refractivity (Wildman–Crippen MR) is 63.7 cm³/mol. The Kier molecular flexibility index (Phi) is 4.33. The lowest BCUT2D eigenvalue weighted by molar-refractivity contribution is 0.329. The summed E-state index contributed by atoms with van der Waals surface area (Å²) in [6.07, 6.45) is 6.37. The van der Waals surface area contributed by atoms with Crippen molar-refractivity contribution in [2.45, 2.75) is 59.2 Å². The van der Waals surface area contributed by atoms with Crippen LogP contribution in [0.3, 0.4) is 0 Å². The molecule has 0 radical (unpaired) electrons. The van der Waals surface area contributed by atoms with Crippen molar-refractivity contribution >= 4 is 0 Å². The van der Waals surface area contributed by atoms with Gasteiger partial charge in [-0.05, 0) is 26.7 Å². The standard InChI is InChI=1S/C12H23N3/c1-5-12(4,6-2)13-8-11-9-14-15(7-3)10-11/h9-10,13H,5-8H2,1-4H3. The molecular weight excluding hydrogens is 186 g/mol. The number of aryl methyl sites for hydroxylation is 1. The molecule has 1 heterocycles. The average molecular weight is 209 g/mol. The van der Waals surface area contributed by atoms with Crippen LogP contribution in [-0.2, 0) is 13.1 Å². The zero-order valence-corrected chi connectivity index (χ0v) is 10.4. The van der Waals surface area contributed by atoms with E-state index < -0.39 is 0 Å². The summed E-state index contributed by atoms with van der Waals surface area (Å²) in [5.74, 6) is 0. The second-order valence-electron chi connectivity index (χ2n) is 4.33. The Bertz CT molecular complexity index is 287. The molecule has 0 amide bonds. The molecular formula is C12H23N3. The summed E-state index contributed by atoms with van der Waals surface area (Å²) in [6.45, 7) is 10.7. The van der Waals surface area contributed by atoms with E-state index in [0.717, 1.165) is 25.9 Å². The third-order valence-corrected chi connectivity index (χ3v) is 3.29. The number of hydrogen-bond donors (Lipinski definition) is 1. The molecule has 0 aliphatic carbocycles. The molecule has 0 aliphatic heterocycles. The predicted octanol–water partition coefficient (Wildman–Crippen LogP) is 2.57. The Morgan fingerprint density at radius 1 is 1.33 bits per heavy atom. The largest absolute Gasteiger partial charge is 0.307 e. The van der Waals surface area contributed by atoms with Crippen molar-refractivity contribution in [1.82, 2.24) is 15.1 Å². The van der Waals surface area contributed by atoms with Crippen LogP contribution in [0, 0.1) is 0 Å². The molecule has 1 aromatic rings. The Hall–Kier alpha value is -0.830. The lowest BCUT2D eigenvalue weighted by atomic mass is 9.95. The molecule has 0 spiro atoms. The van der Waals surface area contributed by atoms with Crippen molar-refractivity contribution in [3.8, 4) is 0 Å². The first kappa shape index (κ1) is 12.2. The Balaban J connectivity index is 2.49. The van der Waals surface area contributed by atoms with Crippen LogP contribution >= 0.6 is 0 Å². The minimum Gasteiger partial charge on any atom is -0.307 e. The fourth-order valence-corrected chi connectivity index (χ4v) is 1.49. The lowest BCUT2D eigenvalue weighted by Gasteiger charge is -2.28. The summed E-state index contributed by atoms with van der Waals surface area (Å²) < 4.78 is 1.96. The highest BCUT2D eigenvalue weighted by Crippen LogP contribution is 2.14. The van der Waals surface area contributed by atoms with Crippen LogP contribution in [0.15, 0.2) is 12.4 Å². The summed E-state index contributed by atoms with van der Waals surface area (Å²) >= 11 is 0. The molecule has 15 heavy (non-hydrogen) atoms. The summed E-state index contributed by atoms with van der Waals surface area (Å²) in [7, 11) is 0. The zero-order chi connectivity index (χ0) is 11.3. The van der Waals surface area contributed by atoms with Gasteiger partial charge in [0.2, 0.25) is 0 Å². The van der Waals surface area contributed by atoms with Gasteiger partial charge in [0.25, 0.3) is 0 Å². The molecule has 0 aromatic carbocycles. The lowest BCUT2D eigenvalue weighted by Crippen LogP contribution is -2.40. The van der Waals surface area contributed by atoms with Gasteiger partial charge < -0.3 is 5.32 Å². The molecule has 0 aliphatic rings. The monoisotopic (exact) mass is 209 g/mol. The number of rotatable bonds is 6. The Morgan fingerprint density at radius 3 is 2.47 bits per heavy atom. The van der Waals surface area contributed by atoms with Gasteiger partial charge in [0, 0.05) is 30.4 Å². The van der Waals surface area contributed by atoms with Gasteiger partial charge in [-0.25, -0.2) is 0 Å². The minimum absolute atomic E-state index is 0.258. The average Bonchev–Trinajstić information content (AvgIpc) is 2.74. The van der Waals surface area contributed by atoms with Gasteiger partial charge in [-0.3, -0.25) is 4.68 Å². The molecule has 0 saturated heterocycles. The quantitative estimate of drug-likeness (QED) is 0.780. The minimum atomic E-state index is 0.258. The van der Waals surface area contributed by atoms with E-state index in [0.29, 0.717) is 0 Å². The fraction of sp³-hybridized carbons (Fsp3) is 0.750. The van der Waals surface area contributed by atoms with E-state index in [-0.39, 0.29) is 5.54 Å². The molecule has 3 heteroatoms. The molecule has 3 nitrogen and oxygen atoms in total. The van der Waals surface area contributed by atoms with Gasteiger partial charge in [0.1, 0.15) is 0 Å². The topological polar surface area (TPSA) is 29.9 Å². The first-order valence-electron chi connectivity index (χ1n) is 5.90. The van der Waals surface area contributed by atoms with Crippen molar-refractivity contribution in [3.05, 3.63) is 18.0 Å². The van der Waals surface area contributed by atoms with Crippen LogP contribution < -0.4 is 5.32 Å². The second-order valence-corrected chi connectivity index (χ2v) is 4.33. The summed E-state index contributed by atoms with van der Waals surface area (Å²) in [4.78, 5) is 0. The highest BCUT2D eigenvalue weighted by molar-refractivity contribution is 5.04. The van der Waals surface area contributed by atoms with Crippen LogP contribution in [0.2, 0.25) is 0 Å². The van der Waals surface area contributed by atoms with Crippen LogP contribution in [0.5, 0.6) is 0 Å². The van der Waals surface area contributed by atoms with Crippen LogP contribution in [0.4, 0.5) is 0 Å². The smallest absolute Gasteiger partial charge is 0.0534 e. The van der Waals surface area contributed by atoms with Crippen LogP contribution in [-0.4, -0.2) is 15.3 Å². The molecule has 1 aromatic heterocycles. The van der Waals surface area contributed by atoms with E-state index in [9.17, 15) is 0 Å². The van der Waals surface area contributed by atoms with E-state index in [1.165, 1.54) is 5.56 Å². The van der Waals surface area contributed by atoms with Gasteiger partial charge in [0.05, 0.1) is 6.20 Å². The Labute approximate surface area is 92.9 Å². The summed E-state index contributed by atoms with van der Waals surface area (Å²) in [5, 5.41) is 7.86. The zero-order valence-electron chi connectivity index (χ0n) is 10.4. The summed E-state index contributed by atoms with van der Waals surface area (Å²) in [5.41, 5.74) is 1.53. The van der Waals surface area contributed by atoms with Gasteiger partial charge in [-0.1, -0.05) is 13.8 Å². The van der Waals surface area contributed by atoms with Crippen molar-refractivity contribution in [1.29, 1.82) is 0 Å². The van der Waals surface area contributed by atoms with E-state index in [1.54, 1.807) is 0 Å². The van der Waals surface area contributed by atoms with Crippen molar-refractivity contribution < 1.29 is 0 Å². The number of nitrogens with zero attached hydrogens (tertiary/aromatic N) is 2. The van der Waals surface area contributed by atoms with E-state index in [1.807, 2.05) is 10.9 Å². The SMILES string of the molecule is CCn1cc(CNC(C)(CC)CC)cn1. The maximum atomic E-state index is 4.26. The molecule has 0 bridgehead atoms.